The van der Waals surface area contributed by atoms with Crippen LogP contribution in [-0.2, 0) is 0 Å². The lowest BCUT2D eigenvalue weighted by atomic mass is 9.51. The number of hydrazone groups is 1. The first-order chi connectivity index (χ1) is 9.54. The molecule has 0 aromatic heterocycles. The Balaban J connectivity index is 1.96. The molecule has 4 N–H and O–H groups in total. The first kappa shape index (κ1) is 14.3. The lowest BCUT2D eigenvalue weighted by molar-refractivity contribution is -0.122. The standard InChI is InChI=1S/C15H25N3OS/c1-9-10-5-4-7-12(13(10)17-18-14(16)20)15(19)8-3-2-6-11(9)15/h9-12,19H,2-8H2,1H3,(H3,16,18,20)/b17-13-/t9-,10-,11+,12+,15+/m1/s1. The van der Waals surface area contributed by atoms with E-state index >= 15 is 0 Å². The molecule has 0 aliphatic heterocycles. The van der Waals surface area contributed by atoms with Crippen LogP contribution in [0.15, 0.2) is 5.10 Å². The van der Waals surface area contributed by atoms with Crippen LogP contribution < -0.4 is 11.2 Å². The minimum atomic E-state index is -0.550. The van der Waals surface area contributed by atoms with Gasteiger partial charge in [0.15, 0.2) is 5.11 Å². The van der Waals surface area contributed by atoms with Crippen molar-refractivity contribution >= 4 is 23.0 Å². The highest BCUT2D eigenvalue weighted by molar-refractivity contribution is 7.80. The topological polar surface area (TPSA) is 70.6 Å². The van der Waals surface area contributed by atoms with Gasteiger partial charge in [-0.15, -0.1) is 0 Å². The fourth-order valence-corrected chi connectivity index (χ4v) is 5.10. The Labute approximate surface area is 126 Å². The molecule has 5 atom stereocenters. The molecular formula is C15H25N3OS. The van der Waals surface area contributed by atoms with E-state index in [-0.39, 0.29) is 11.0 Å². The van der Waals surface area contributed by atoms with Crippen LogP contribution in [0.4, 0.5) is 0 Å². The number of thiocarbonyl (C=S) groups is 1. The number of rotatable bonds is 1. The average Bonchev–Trinajstić information content (AvgIpc) is 2.43. The molecule has 0 saturated heterocycles. The molecule has 0 radical (unpaired) electrons. The summed E-state index contributed by atoms with van der Waals surface area (Å²) in [4.78, 5) is 0. The van der Waals surface area contributed by atoms with Gasteiger partial charge in [-0.3, -0.25) is 5.43 Å². The van der Waals surface area contributed by atoms with Crippen LogP contribution in [-0.4, -0.2) is 21.5 Å². The van der Waals surface area contributed by atoms with Crippen LogP contribution in [0.2, 0.25) is 0 Å². The highest BCUT2D eigenvalue weighted by Gasteiger charge is 2.57. The van der Waals surface area contributed by atoms with Crippen molar-refractivity contribution in [1.82, 2.24) is 5.43 Å². The zero-order valence-electron chi connectivity index (χ0n) is 12.1. The van der Waals surface area contributed by atoms with E-state index in [0.717, 1.165) is 25.0 Å². The summed E-state index contributed by atoms with van der Waals surface area (Å²) in [6.07, 6.45) is 7.91. The summed E-state index contributed by atoms with van der Waals surface area (Å²) in [7, 11) is 0. The zero-order chi connectivity index (χ0) is 14.3. The number of fused-ring (bicyclic) bond motifs is 4. The fraction of sp³-hybridized carbons (Fsp3) is 0.867. The monoisotopic (exact) mass is 295 g/mol. The largest absolute Gasteiger partial charge is 0.389 e. The van der Waals surface area contributed by atoms with Crippen LogP contribution in [0.1, 0.15) is 51.9 Å². The number of nitrogens with two attached hydrogens (primary N) is 1. The van der Waals surface area contributed by atoms with Crippen molar-refractivity contribution in [2.75, 3.05) is 0 Å². The van der Waals surface area contributed by atoms with Gasteiger partial charge >= 0.3 is 0 Å². The molecule has 3 aliphatic carbocycles. The zero-order valence-corrected chi connectivity index (χ0v) is 13.0. The summed E-state index contributed by atoms with van der Waals surface area (Å²) in [5, 5.41) is 16.0. The smallest absolute Gasteiger partial charge is 0.184 e. The molecule has 112 valence electrons. The Morgan fingerprint density at radius 2 is 2.15 bits per heavy atom. The number of hydrogen-bond acceptors (Lipinski definition) is 3. The maximum Gasteiger partial charge on any atom is 0.184 e. The highest BCUT2D eigenvalue weighted by Crippen LogP contribution is 2.55. The lowest BCUT2D eigenvalue weighted by Gasteiger charge is -2.57. The maximum atomic E-state index is 11.3. The molecular weight excluding hydrogens is 270 g/mol. The number of aliphatic hydroxyl groups is 1. The lowest BCUT2D eigenvalue weighted by Crippen LogP contribution is -2.61. The van der Waals surface area contributed by atoms with Crippen LogP contribution in [0.3, 0.4) is 0 Å². The summed E-state index contributed by atoms with van der Waals surface area (Å²) in [6.45, 7) is 2.30. The molecule has 3 saturated carbocycles. The molecule has 3 fully saturated rings. The second-order valence-electron chi connectivity index (χ2n) is 6.81. The molecule has 2 bridgehead atoms. The Hall–Kier alpha value is -0.680. The Bertz CT molecular complexity index is 439. The van der Waals surface area contributed by atoms with Crippen molar-refractivity contribution in [3.8, 4) is 0 Å². The van der Waals surface area contributed by atoms with Gasteiger partial charge in [-0.05, 0) is 49.7 Å². The molecule has 0 aromatic rings. The molecule has 0 amide bonds. The predicted octanol–water partition coefficient (Wildman–Crippen LogP) is 2.16. The van der Waals surface area contributed by atoms with Crippen molar-refractivity contribution < 1.29 is 5.11 Å². The number of hydrogen-bond donors (Lipinski definition) is 3. The van der Waals surface area contributed by atoms with Gasteiger partial charge in [0.05, 0.1) is 5.60 Å². The van der Waals surface area contributed by atoms with Gasteiger partial charge in [-0.1, -0.05) is 26.2 Å². The summed E-state index contributed by atoms with van der Waals surface area (Å²) >= 11 is 4.86. The van der Waals surface area contributed by atoms with Crippen LogP contribution in [0, 0.1) is 23.7 Å². The predicted molar refractivity (Wildman–Crippen MR) is 84.3 cm³/mol. The third kappa shape index (κ3) is 2.15. The highest BCUT2D eigenvalue weighted by atomic mass is 32.1. The van der Waals surface area contributed by atoms with Crippen LogP contribution >= 0.6 is 12.2 Å². The van der Waals surface area contributed by atoms with Gasteiger partial charge in [-0.2, -0.15) is 5.10 Å². The van der Waals surface area contributed by atoms with E-state index in [1.54, 1.807) is 0 Å². The maximum absolute atomic E-state index is 11.3. The molecule has 0 heterocycles. The van der Waals surface area contributed by atoms with E-state index in [2.05, 4.69) is 17.5 Å². The number of nitrogens with one attached hydrogen (secondary N) is 1. The van der Waals surface area contributed by atoms with E-state index in [4.69, 9.17) is 18.0 Å². The Kier molecular flexibility index (Phi) is 3.75. The van der Waals surface area contributed by atoms with Gasteiger partial charge in [0.25, 0.3) is 0 Å². The van der Waals surface area contributed by atoms with Crippen molar-refractivity contribution in [1.29, 1.82) is 0 Å². The van der Waals surface area contributed by atoms with Gasteiger partial charge < -0.3 is 10.8 Å². The molecule has 3 aliphatic rings. The Morgan fingerprint density at radius 3 is 2.90 bits per heavy atom. The van der Waals surface area contributed by atoms with Gasteiger partial charge in [-0.25, -0.2) is 0 Å². The second kappa shape index (κ2) is 5.26. The third-order valence-electron chi connectivity index (χ3n) is 5.90. The first-order valence-electron chi connectivity index (χ1n) is 7.89. The minimum absolute atomic E-state index is 0.199. The molecule has 20 heavy (non-hydrogen) atoms. The van der Waals surface area contributed by atoms with Crippen molar-refractivity contribution in [3.63, 3.8) is 0 Å². The molecule has 0 unspecified atom stereocenters. The van der Waals surface area contributed by atoms with Crippen molar-refractivity contribution in [2.45, 2.75) is 57.5 Å². The first-order valence-corrected chi connectivity index (χ1v) is 8.30. The van der Waals surface area contributed by atoms with E-state index in [1.165, 1.54) is 25.7 Å². The molecule has 4 nitrogen and oxygen atoms in total. The van der Waals surface area contributed by atoms with Crippen molar-refractivity contribution in [2.24, 2.45) is 34.5 Å². The molecule has 5 heteroatoms. The minimum Gasteiger partial charge on any atom is -0.389 e. The van der Waals surface area contributed by atoms with Gasteiger partial charge in [0, 0.05) is 17.5 Å². The van der Waals surface area contributed by atoms with Crippen molar-refractivity contribution in [3.05, 3.63) is 0 Å². The van der Waals surface area contributed by atoms with E-state index < -0.39 is 5.60 Å². The van der Waals surface area contributed by atoms with Crippen LogP contribution in [0.25, 0.3) is 0 Å². The SMILES string of the molecule is C[C@@H]1[C@H]2CCC[C@@H](/C2=N\NC(N)=S)[C@]2(O)CCCC[C@@H]12. The summed E-state index contributed by atoms with van der Waals surface area (Å²) in [5.41, 5.74) is 8.85. The summed E-state index contributed by atoms with van der Waals surface area (Å²) < 4.78 is 0. The fourth-order valence-electron chi connectivity index (χ4n) is 5.05. The van der Waals surface area contributed by atoms with E-state index in [9.17, 15) is 5.11 Å². The average molecular weight is 295 g/mol. The van der Waals surface area contributed by atoms with Gasteiger partial charge in [0.2, 0.25) is 0 Å². The van der Waals surface area contributed by atoms with E-state index in [1.807, 2.05) is 0 Å². The molecule has 3 rings (SSSR count). The summed E-state index contributed by atoms with van der Waals surface area (Å²) in [5.74, 6) is 1.63. The van der Waals surface area contributed by atoms with Gasteiger partial charge in [0.1, 0.15) is 0 Å². The second-order valence-corrected chi connectivity index (χ2v) is 7.25. The molecule has 0 spiro atoms. The number of nitrogens with zero attached hydrogens (tertiary/aromatic N) is 1. The van der Waals surface area contributed by atoms with E-state index in [0.29, 0.717) is 17.8 Å². The van der Waals surface area contributed by atoms with Crippen LogP contribution in [0.5, 0.6) is 0 Å². The molecule has 0 aromatic carbocycles. The third-order valence-corrected chi connectivity index (χ3v) is 5.99. The quantitative estimate of drug-likeness (QED) is 0.512. The summed E-state index contributed by atoms with van der Waals surface area (Å²) in [6, 6.07) is 0. The normalized spacial score (nSPS) is 45.8. The Morgan fingerprint density at radius 1 is 1.35 bits per heavy atom.